The Bertz CT molecular complexity index is 1230. The van der Waals surface area contributed by atoms with Gasteiger partial charge >= 0.3 is 0 Å². The number of carbonyl (C=O) groups excluding carboxylic acids is 1. The van der Waals surface area contributed by atoms with Crippen molar-refractivity contribution in [3.63, 3.8) is 0 Å². The van der Waals surface area contributed by atoms with Gasteiger partial charge in [-0.2, -0.15) is 0 Å². The van der Waals surface area contributed by atoms with Crippen molar-refractivity contribution in [1.82, 2.24) is 25.3 Å². The zero-order valence-corrected chi connectivity index (χ0v) is 18.2. The third-order valence-corrected chi connectivity index (χ3v) is 5.04. The Morgan fingerprint density at radius 3 is 2.53 bits per heavy atom. The van der Waals surface area contributed by atoms with Crippen molar-refractivity contribution in [3.05, 3.63) is 83.3 Å². The highest BCUT2D eigenvalue weighted by Gasteiger charge is 2.22. The highest BCUT2D eigenvalue weighted by Crippen LogP contribution is 2.28. The van der Waals surface area contributed by atoms with Crippen LogP contribution in [0.5, 0.6) is 11.5 Å². The van der Waals surface area contributed by atoms with Crippen molar-refractivity contribution < 1.29 is 14.3 Å². The van der Waals surface area contributed by atoms with Gasteiger partial charge in [-0.05, 0) is 54.1 Å². The molecule has 0 saturated heterocycles. The minimum atomic E-state index is -0.362. The summed E-state index contributed by atoms with van der Waals surface area (Å²) in [7, 11) is 3.14. The summed E-state index contributed by atoms with van der Waals surface area (Å²) in [6, 6.07) is 16.2. The summed E-state index contributed by atoms with van der Waals surface area (Å²) in [4.78, 5) is 17.2. The van der Waals surface area contributed by atoms with Gasteiger partial charge in [0.05, 0.1) is 19.9 Å². The van der Waals surface area contributed by atoms with Crippen LogP contribution in [-0.4, -0.2) is 40.1 Å². The van der Waals surface area contributed by atoms with E-state index in [0.29, 0.717) is 27.8 Å². The summed E-state index contributed by atoms with van der Waals surface area (Å²) in [5.41, 5.74) is 3.01. The molecule has 2 aromatic heterocycles. The molecule has 32 heavy (non-hydrogen) atoms. The predicted molar refractivity (Wildman–Crippen MR) is 120 cm³/mol. The number of benzene rings is 2. The Morgan fingerprint density at radius 2 is 1.84 bits per heavy atom. The van der Waals surface area contributed by atoms with Crippen LogP contribution in [0.1, 0.15) is 16.1 Å². The molecule has 0 bridgehead atoms. The van der Waals surface area contributed by atoms with Crippen molar-refractivity contribution in [2.75, 3.05) is 14.2 Å². The lowest BCUT2D eigenvalue weighted by molar-refractivity contribution is 0.0946. The van der Waals surface area contributed by atoms with Gasteiger partial charge in [-0.1, -0.05) is 22.9 Å². The zero-order chi connectivity index (χ0) is 22.5. The van der Waals surface area contributed by atoms with Crippen molar-refractivity contribution in [2.45, 2.75) is 6.54 Å². The third-order valence-electron chi connectivity index (χ3n) is 4.79. The first-order valence-electron chi connectivity index (χ1n) is 9.72. The molecule has 0 aliphatic heterocycles. The molecule has 2 heterocycles. The summed E-state index contributed by atoms with van der Waals surface area (Å²) >= 11 is 6.02. The van der Waals surface area contributed by atoms with Crippen LogP contribution in [0.25, 0.3) is 16.9 Å². The summed E-state index contributed by atoms with van der Waals surface area (Å²) < 4.78 is 12.2. The highest BCUT2D eigenvalue weighted by atomic mass is 35.5. The Kier molecular flexibility index (Phi) is 6.32. The number of carbonyl (C=O) groups is 1. The lowest BCUT2D eigenvalue weighted by atomic mass is 10.1. The number of aromatic nitrogens is 4. The van der Waals surface area contributed by atoms with Crippen molar-refractivity contribution in [3.8, 4) is 28.4 Å². The summed E-state index contributed by atoms with van der Waals surface area (Å²) in [5.74, 6) is 0.843. The van der Waals surface area contributed by atoms with Gasteiger partial charge in [-0.3, -0.25) is 9.78 Å². The summed E-state index contributed by atoms with van der Waals surface area (Å²) in [6.07, 6.45) is 3.33. The lowest BCUT2D eigenvalue weighted by Crippen LogP contribution is -2.24. The van der Waals surface area contributed by atoms with E-state index in [2.05, 4.69) is 20.6 Å². The molecule has 4 aromatic rings. The Morgan fingerprint density at radius 1 is 1.06 bits per heavy atom. The molecule has 4 rings (SSSR count). The van der Waals surface area contributed by atoms with Gasteiger partial charge in [0, 0.05) is 29.5 Å². The summed E-state index contributed by atoms with van der Waals surface area (Å²) in [5, 5.41) is 11.9. The van der Waals surface area contributed by atoms with Crippen LogP contribution in [0.4, 0.5) is 0 Å². The monoisotopic (exact) mass is 449 g/mol. The molecule has 8 nitrogen and oxygen atoms in total. The average molecular weight is 450 g/mol. The zero-order valence-electron chi connectivity index (χ0n) is 17.4. The van der Waals surface area contributed by atoms with Crippen LogP contribution in [-0.2, 0) is 6.54 Å². The first-order valence-corrected chi connectivity index (χ1v) is 10.1. The van der Waals surface area contributed by atoms with Crippen molar-refractivity contribution in [2.24, 2.45) is 0 Å². The molecule has 0 atom stereocenters. The SMILES string of the molecule is COc1ccc(CNC(=O)c2nnn(-c3ccc(Cl)cc3)c2-c2cccnc2)cc1OC. The molecule has 1 amide bonds. The molecule has 0 saturated carbocycles. The minimum absolute atomic E-state index is 0.188. The van der Waals surface area contributed by atoms with E-state index in [4.69, 9.17) is 21.1 Å². The van der Waals surface area contributed by atoms with Crippen LogP contribution in [0, 0.1) is 0 Å². The second kappa shape index (κ2) is 9.49. The number of halogens is 1. The molecule has 0 radical (unpaired) electrons. The van der Waals surface area contributed by atoms with Gasteiger partial charge in [-0.25, -0.2) is 4.68 Å². The van der Waals surface area contributed by atoms with Crippen LogP contribution >= 0.6 is 11.6 Å². The van der Waals surface area contributed by atoms with Crippen molar-refractivity contribution in [1.29, 1.82) is 0 Å². The highest BCUT2D eigenvalue weighted by molar-refractivity contribution is 6.30. The first kappa shape index (κ1) is 21.3. The fraction of sp³-hybridized carbons (Fsp3) is 0.130. The number of amides is 1. The first-order chi connectivity index (χ1) is 15.6. The maximum absolute atomic E-state index is 13.1. The van der Waals surface area contributed by atoms with E-state index in [1.807, 2.05) is 30.3 Å². The molecule has 0 fully saturated rings. The molecule has 162 valence electrons. The largest absolute Gasteiger partial charge is 0.493 e. The van der Waals surface area contributed by atoms with E-state index in [1.165, 1.54) is 0 Å². The van der Waals surface area contributed by atoms with E-state index in [1.54, 1.807) is 55.6 Å². The van der Waals surface area contributed by atoms with Gasteiger partial charge in [0.25, 0.3) is 5.91 Å². The normalized spacial score (nSPS) is 10.6. The molecule has 1 N–H and O–H groups in total. The van der Waals surface area contributed by atoms with E-state index < -0.39 is 0 Å². The lowest BCUT2D eigenvalue weighted by Gasteiger charge is -2.11. The molecule has 2 aromatic carbocycles. The Hall–Kier alpha value is -3.91. The molecule has 0 aliphatic carbocycles. The second-order valence-electron chi connectivity index (χ2n) is 6.79. The molecule has 9 heteroatoms. The number of nitrogens with zero attached hydrogens (tertiary/aromatic N) is 4. The van der Waals surface area contributed by atoms with Gasteiger partial charge in [-0.15, -0.1) is 5.10 Å². The number of hydrogen-bond donors (Lipinski definition) is 1. The molecule has 0 aliphatic rings. The fourth-order valence-corrected chi connectivity index (χ4v) is 3.34. The third kappa shape index (κ3) is 4.40. The number of ether oxygens (including phenoxy) is 2. The number of methoxy groups -OCH3 is 2. The number of pyridine rings is 1. The number of rotatable bonds is 7. The van der Waals surface area contributed by atoms with Crippen molar-refractivity contribution >= 4 is 17.5 Å². The smallest absolute Gasteiger partial charge is 0.274 e. The molecular weight excluding hydrogens is 430 g/mol. The van der Waals surface area contributed by atoms with Gasteiger partial charge in [0.2, 0.25) is 0 Å². The van der Waals surface area contributed by atoms with Crippen LogP contribution in [0.15, 0.2) is 67.0 Å². The number of nitrogens with one attached hydrogen (secondary N) is 1. The average Bonchev–Trinajstić information content (AvgIpc) is 3.28. The Labute approximate surface area is 189 Å². The second-order valence-corrected chi connectivity index (χ2v) is 7.23. The maximum Gasteiger partial charge on any atom is 0.274 e. The quantitative estimate of drug-likeness (QED) is 0.459. The van der Waals surface area contributed by atoms with E-state index in [9.17, 15) is 4.79 Å². The van der Waals surface area contributed by atoms with E-state index in [-0.39, 0.29) is 18.1 Å². The van der Waals surface area contributed by atoms with Gasteiger partial charge < -0.3 is 14.8 Å². The van der Waals surface area contributed by atoms with E-state index >= 15 is 0 Å². The topological polar surface area (TPSA) is 91.2 Å². The minimum Gasteiger partial charge on any atom is -0.493 e. The van der Waals surface area contributed by atoms with Crippen LogP contribution in [0.3, 0.4) is 0 Å². The molecule has 0 unspecified atom stereocenters. The summed E-state index contributed by atoms with van der Waals surface area (Å²) in [6.45, 7) is 0.277. The van der Waals surface area contributed by atoms with Crippen LogP contribution in [0.2, 0.25) is 5.02 Å². The predicted octanol–water partition coefficient (Wildman–Crippen LogP) is 3.93. The van der Waals surface area contributed by atoms with E-state index in [0.717, 1.165) is 11.3 Å². The Balaban J connectivity index is 1.64. The fourth-order valence-electron chi connectivity index (χ4n) is 3.22. The maximum atomic E-state index is 13.1. The molecule has 0 spiro atoms. The van der Waals surface area contributed by atoms with Crippen LogP contribution < -0.4 is 14.8 Å². The number of hydrogen-bond acceptors (Lipinski definition) is 6. The van der Waals surface area contributed by atoms with Gasteiger partial charge in [0.1, 0.15) is 5.69 Å². The van der Waals surface area contributed by atoms with Gasteiger partial charge in [0.15, 0.2) is 17.2 Å². The molecular formula is C23H20ClN5O3. The standard InChI is InChI=1S/C23H20ClN5O3/c1-31-19-10-5-15(12-20(19)32-2)13-26-23(30)21-22(16-4-3-11-25-14-16)29(28-27-21)18-8-6-17(24)7-9-18/h3-12,14H,13H2,1-2H3,(H,26,30).